The summed E-state index contributed by atoms with van der Waals surface area (Å²) in [6, 6.07) is 12.4. The van der Waals surface area contributed by atoms with Crippen molar-refractivity contribution in [3.05, 3.63) is 46.7 Å². The van der Waals surface area contributed by atoms with Crippen LogP contribution in [0.4, 0.5) is 5.69 Å². The van der Waals surface area contributed by atoms with E-state index in [2.05, 4.69) is 45.7 Å². The lowest BCUT2D eigenvalue weighted by Gasteiger charge is -2.32. The highest BCUT2D eigenvalue weighted by Gasteiger charge is 2.13. The molecule has 0 unspecified atom stereocenters. The van der Waals surface area contributed by atoms with Crippen molar-refractivity contribution in [3.63, 3.8) is 0 Å². The molecule has 1 N–H and O–H groups in total. The summed E-state index contributed by atoms with van der Waals surface area (Å²) in [5.41, 5.74) is 1.07. The minimum absolute atomic E-state index is 0.738. The number of benzene rings is 1. The number of nitrogens with one attached hydrogen (secondary N) is 1. The molecule has 1 aliphatic rings. The van der Waals surface area contributed by atoms with Gasteiger partial charge in [0.2, 0.25) is 0 Å². The standard InChI is InChI=1S/C18H25N3OS/c1-20-8-10-21(11-9-20)12-13-22-18-7-3-2-6-17(18)19-15-16-5-4-14-23-16/h2-7,14,19H,8-13,15H2,1H3. The molecular formula is C18H25N3OS. The summed E-state index contributed by atoms with van der Waals surface area (Å²) < 4.78 is 6.02. The van der Waals surface area contributed by atoms with E-state index in [1.54, 1.807) is 11.3 Å². The number of hydrogen-bond acceptors (Lipinski definition) is 5. The lowest BCUT2D eigenvalue weighted by Crippen LogP contribution is -2.45. The van der Waals surface area contributed by atoms with Crippen molar-refractivity contribution in [1.29, 1.82) is 0 Å². The molecule has 2 heterocycles. The number of anilines is 1. The smallest absolute Gasteiger partial charge is 0.142 e. The quantitative estimate of drug-likeness (QED) is 0.844. The Hall–Kier alpha value is -1.56. The highest BCUT2D eigenvalue weighted by Crippen LogP contribution is 2.25. The maximum absolute atomic E-state index is 6.02. The second kappa shape index (κ2) is 8.34. The molecule has 1 aliphatic heterocycles. The van der Waals surface area contributed by atoms with Gasteiger partial charge in [-0.15, -0.1) is 11.3 Å². The van der Waals surface area contributed by atoms with Gasteiger partial charge in [-0.3, -0.25) is 4.90 Å². The first-order valence-electron chi connectivity index (χ1n) is 8.20. The fourth-order valence-electron chi connectivity index (χ4n) is 2.69. The molecule has 124 valence electrons. The van der Waals surface area contributed by atoms with E-state index in [-0.39, 0.29) is 0 Å². The molecule has 2 aromatic rings. The first-order chi connectivity index (χ1) is 11.3. The second-order valence-corrected chi connectivity index (χ2v) is 6.95. The first-order valence-corrected chi connectivity index (χ1v) is 9.08. The van der Waals surface area contributed by atoms with E-state index in [1.165, 1.54) is 4.88 Å². The van der Waals surface area contributed by atoms with Crippen molar-refractivity contribution in [2.45, 2.75) is 6.54 Å². The summed E-state index contributed by atoms with van der Waals surface area (Å²) in [4.78, 5) is 6.18. The molecule has 0 aliphatic carbocycles. The van der Waals surface area contributed by atoms with Crippen LogP contribution in [0.25, 0.3) is 0 Å². The number of likely N-dealkylation sites (N-methyl/N-ethyl adjacent to an activating group) is 1. The Bertz CT molecular complexity index is 580. The lowest BCUT2D eigenvalue weighted by molar-refractivity contribution is 0.134. The Labute approximate surface area is 142 Å². The monoisotopic (exact) mass is 331 g/mol. The molecule has 0 radical (unpaired) electrons. The van der Waals surface area contributed by atoms with Crippen LogP contribution < -0.4 is 10.1 Å². The summed E-state index contributed by atoms with van der Waals surface area (Å²) in [5, 5.41) is 5.58. The van der Waals surface area contributed by atoms with Crippen LogP contribution in [-0.4, -0.2) is 56.2 Å². The molecule has 0 spiro atoms. The van der Waals surface area contributed by atoms with Gasteiger partial charge in [-0.25, -0.2) is 0 Å². The topological polar surface area (TPSA) is 27.7 Å². The highest BCUT2D eigenvalue weighted by molar-refractivity contribution is 7.09. The van der Waals surface area contributed by atoms with Crippen LogP contribution >= 0.6 is 11.3 Å². The molecule has 0 saturated carbocycles. The summed E-state index contributed by atoms with van der Waals surface area (Å²) in [6.45, 7) is 7.15. The Kier molecular flexibility index (Phi) is 5.91. The zero-order chi connectivity index (χ0) is 15.9. The van der Waals surface area contributed by atoms with E-state index in [0.717, 1.165) is 57.3 Å². The predicted octanol–water partition coefficient (Wildman–Crippen LogP) is 2.99. The maximum atomic E-state index is 6.02. The fraction of sp³-hybridized carbons (Fsp3) is 0.444. The van der Waals surface area contributed by atoms with Crippen LogP contribution in [0, 0.1) is 0 Å². The van der Waals surface area contributed by atoms with Gasteiger partial charge in [-0.1, -0.05) is 18.2 Å². The van der Waals surface area contributed by atoms with Crippen molar-refractivity contribution in [2.75, 3.05) is 51.7 Å². The SMILES string of the molecule is CN1CCN(CCOc2ccccc2NCc2cccs2)CC1. The zero-order valence-electron chi connectivity index (χ0n) is 13.7. The average Bonchev–Trinajstić information content (AvgIpc) is 3.09. The van der Waals surface area contributed by atoms with Gasteiger partial charge in [-0.2, -0.15) is 0 Å². The third-order valence-corrected chi connectivity index (χ3v) is 5.06. The minimum Gasteiger partial charge on any atom is -0.490 e. The number of para-hydroxylation sites is 2. The maximum Gasteiger partial charge on any atom is 0.142 e. The molecule has 0 bridgehead atoms. The normalized spacial score (nSPS) is 16.4. The number of hydrogen-bond donors (Lipinski definition) is 1. The van der Waals surface area contributed by atoms with E-state index in [0.29, 0.717) is 0 Å². The third-order valence-electron chi connectivity index (χ3n) is 4.18. The number of ether oxygens (including phenoxy) is 1. The number of nitrogens with zero attached hydrogens (tertiary/aromatic N) is 2. The Morgan fingerprint density at radius 3 is 2.70 bits per heavy atom. The summed E-state index contributed by atoms with van der Waals surface area (Å²) >= 11 is 1.77. The molecule has 0 amide bonds. The second-order valence-electron chi connectivity index (χ2n) is 5.92. The number of piperazine rings is 1. The van der Waals surface area contributed by atoms with E-state index in [4.69, 9.17) is 4.74 Å². The van der Waals surface area contributed by atoms with E-state index >= 15 is 0 Å². The lowest BCUT2D eigenvalue weighted by atomic mass is 10.3. The van der Waals surface area contributed by atoms with Gasteiger partial charge >= 0.3 is 0 Å². The molecule has 0 atom stereocenters. The Morgan fingerprint density at radius 2 is 1.91 bits per heavy atom. The largest absolute Gasteiger partial charge is 0.490 e. The van der Waals surface area contributed by atoms with Crippen molar-refractivity contribution < 1.29 is 4.74 Å². The predicted molar refractivity (Wildman–Crippen MR) is 97.5 cm³/mol. The number of thiophene rings is 1. The van der Waals surface area contributed by atoms with Crippen LogP contribution in [-0.2, 0) is 6.54 Å². The molecule has 5 heteroatoms. The highest BCUT2D eigenvalue weighted by atomic mass is 32.1. The Balaban J connectivity index is 1.47. The van der Waals surface area contributed by atoms with Crippen LogP contribution in [0.1, 0.15) is 4.88 Å². The van der Waals surface area contributed by atoms with Gasteiger partial charge in [0.05, 0.1) is 5.69 Å². The van der Waals surface area contributed by atoms with Crippen molar-refractivity contribution >= 4 is 17.0 Å². The van der Waals surface area contributed by atoms with Crippen LogP contribution in [0.15, 0.2) is 41.8 Å². The zero-order valence-corrected chi connectivity index (χ0v) is 14.5. The van der Waals surface area contributed by atoms with Gasteiger partial charge in [-0.05, 0) is 30.6 Å². The van der Waals surface area contributed by atoms with E-state index in [1.807, 2.05) is 18.2 Å². The average molecular weight is 331 g/mol. The van der Waals surface area contributed by atoms with Crippen molar-refractivity contribution in [2.24, 2.45) is 0 Å². The van der Waals surface area contributed by atoms with Crippen LogP contribution in [0.2, 0.25) is 0 Å². The van der Waals surface area contributed by atoms with E-state index < -0.39 is 0 Å². The van der Waals surface area contributed by atoms with Crippen molar-refractivity contribution in [3.8, 4) is 5.75 Å². The van der Waals surface area contributed by atoms with Crippen LogP contribution in [0.5, 0.6) is 5.75 Å². The minimum atomic E-state index is 0.738. The summed E-state index contributed by atoms with van der Waals surface area (Å²) in [7, 11) is 2.18. The van der Waals surface area contributed by atoms with Gasteiger partial charge < -0.3 is 15.0 Å². The molecule has 1 saturated heterocycles. The Morgan fingerprint density at radius 1 is 1.09 bits per heavy atom. The van der Waals surface area contributed by atoms with Crippen LogP contribution in [0.3, 0.4) is 0 Å². The number of rotatable bonds is 7. The molecule has 1 aromatic heterocycles. The molecule has 4 nitrogen and oxygen atoms in total. The van der Waals surface area contributed by atoms with Gasteiger partial charge in [0, 0.05) is 44.1 Å². The van der Waals surface area contributed by atoms with Gasteiger partial charge in [0.15, 0.2) is 0 Å². The third kappa shape index (κ3) is 4.96. The summed E-state index contributed by atoms with van der Waals surface area (Å²) in [5.74, 6) is 0.943. The van der Waals surface area contributed by atoms with Gasteiger partial charge in [0.25, 0.3) is 0 Å². The molecule has 23 heavy (non-hydrogen) atoms. The molecule has 1 aromatic carbocycles. The van der Waals surface area contributed by atoms with Gasteiger partial charge in [0.1, 0.15) is 12.4 Å². The molecule has 1 fully saturated rings. The van der Waals surface area contributed by atoms with E-state index in [9.17, 15) is 0 Å². The summed E-state index contributed by atoms with van der Waals surface area (Å²) in [6.07, 6.45) is 0. The fourth-order valence-corrected chi connectivity index (χ4v) is 3.33. The molecule has 3 rings (SSSR count). The first kappa shape index (κ1) is 16.3. The van der Waals surface area contributed by atoms with Crippen molar-refractivity contribution in [1.82, 2.24) is 9.80 Å². The molecular weight excluding hydrogens is 306 g/mol.